The summed E-state index contributed by atoms with van der Waals surface area (Å²) in [6, 6.07) is 15.3. The Balaban J connectivity index is 1.98. The predicted octanol–water partition coefficient (Wildman–Crippen LogP) is 4.25. The number of hydrogen-bond donors (Lipinski definition) is 0. The number of esters is 1. The smallest absolute Gasteiger partial charge is 0.341 e. The van der Waals surface area contributed by atoms with Crippen molar-refractivity contribution in [3.63, 3.8) is 0 Å². The molecule has 0 aliphatic rings. The molecule has 0 atom stereocenters. The average Bonchev–Trinajstić information content (AvgIpc) is 2.50. The second kappa shape index (κ2) is 7.84. The van der Waals surface area contributed by atoms with E-state index in [1.165, 1.54) is 0 Å². The molecule has 0 radical (unpaired) electrons. The second-order valence-corrected chi connectivity index (χ2v) is 5.36. The van der Waals surface area contributed by atoms with Gasteiger partial charge in [0.25, 0.3) is 0 Å². The molecule has 0 aromatic heterocycles. The highest BCUT2D eigenvalue weighted by molar-refractivity contribution is 9.10. The van der Waals surface area contributed by atoms with Gasteiger partial charge >= 0.3 is 5.97 Å². The zero-order valence-electron chi connectivity index (χ0n) is 11.8. The van der Waals surface area contributed by atoms with Gasteiger partial charge in [0.15, 0.2) is 0 Å². The third kappa shape index (κ3) is 4.60. The van der Waals surface area contributed by atoms with Gasteiger partial charge < -0.3 is 9.47 Å². The summed E-state index contributed by atoms with van der Waals surface area (Å²) in [5, 5.41) is 0. The summed E-state index contributed by atoms with van der Waals surface area (Å²) in [6.45, 7) is 2.74. The molecular weight excluding hydrogens is 332 g/mol. The molecule has 0 heterocycles. The van der Waals surface area contributed by atoms with Crippen molar-refractivity contribution in [2.75, 3.05) is 13.2 Å². The summed E-state index contributed by atoms with van der Waals surface area (Å²) in [6.07, 6.45) is 0.699. The fraction of sp³-hybridized carbons (Fsp3) is 0.235. The lowest BCUT2D eigenvalue weighted by molar-refractivity contribution is 0.0505. The minimum absolute atomic E-state index is 0.348. The summed E-state index contributed by atoms with van der Waals surface area (Å²) < 4.78 is 11.6. The zero-order valence-corrected chi connectivity index (χ0v) is 13.4. The van der Waals surface area contributed by atoms with Gasteiger partial charge in [0, 0.05) is 10.9 Å². The third-order valence-corrected chi connectivity index (χ3v) is 3.42. The quantitative estimate of drug-likeness (QED) is 0.732. The largest absolute Gasteiger partial charge is 0.493 e. The van der Waals surface area contributed by atoms with Crippen molar-refractivity contribution < 1.29 is 14.3 Å². The fourth-order valence-corrected chi connectivity index (χ4v) is 2.29. The Morgan fingerprint density at radius 3 is 2.62 bits per heavy atom. The Morgan fingerprint density at radius 1 is 1.14 bits per heavy atom. The van der Waals surface area contributed by atoms with Crippen LogP contribution in [0.2, 0.25) is 0 Å². The van der Waals surface area contributed by atoms with Crippen LogP contribution in [0.3, 0.4) is 0 Å². The predicted molar refractivity (Wildman–Crippen MR) is 85.7 cm³/mol. The van der Waals surface area contributed by atoms with Gasteiger partial charge in [-0.15, -0.1) is 0 Å². The van der Waals surface area contributed by atoms with Crippen LogP contribution < -0.4 is 4.74 Å². The van der Waals surface area contributed by atoms with E-state index in [1.807, 2.05) is 43.3 Å². The molecule has 0 aliphatic carbocycles. The molecule has 0 N–H and O–H groups in total. The number of benzene rings is 2. The van der Waals surface area contributed by atoms with Crippen LogP contribution >= 0.6 is 15.9 Å². The molecule has 0 fully saturated rings. The second-order valence-electron chi connectivity index (χ2n) is 4.45. The first-order valence-corrected chi connectivity index (χ1v) is 7.63. The van der Waals surface area contributed by atoms with E-state index in [4.69, 9.17) is 9.47 Å². The molecule has 21 heavy (non-hydrogen) atoms. The van der Waals surface area contributed by atoms with Crippen LogP contribution in [0.25, 0.3) is 0 Å². The molecule has 110 valence electrons. The highest BCUT2D eigenvalue weighted by atomic mass is 79.9. The van der Waals surface area contributed by atoms with Crippen LogP contribution in [0.15, 0.2) is 53.0 Å². The monoisotopic (exact) mass is 348 g/mol. The summed E-state index contributed by atoms with van der Waals surface area (Å²) >= 11 is 3.36. The standard InChI is InChI=1S/C17H17BrO3/c1-2-20-16-9-8-14(18)12-15(16)17(19)21-11-10-13-6-4-3-5-7-13/h3-9,12H,2,10-11H2,1H3. The van der Waals surface area contributed by atoms with E-state index in [1.54, 1.807) is 12.1 Å². The van der Waals surface area contributed by atoms with E-state index in [2.05, 4.69) is 15.9 Å². The van der Waals surface area contributed by atoms with Crippen LogP contribution in [-0.2, 0) is 11.2 Å². The molecular formula is C17H17BrO3. The summed E-state index contributed by atoms with van der Waals surface area (Å²) in [5.74, 6) is 0.182. The maximum absolute atomic E-state index is 12.2. The molecule has 0 saturated heterocycles. The molecule has 4 heteroatoms. The van der Waals surface area contributed by atoms with Crippen molar-refractivity contribution >= 4 is 21.9 Å². The van der Waals surface area contributed by atoms with Crippen molar-refractivity contribution in [1.29, 1.82) is 0 Å². The minimum Gasteiger partial charge on any atom is -0.493 e. The Morgan fingerprint density at radius 2 is 1.90 bits per heavy atom. The summed E-state index contributed by atoms with van der Waals surface area (Å²) in [4.78, 5) is 12.2. The molecule has 2 aromatic rings. The van der Waals surface area contributed by atoms with E-state index in [-0.39, 0.29) is 5.97 Å². The van der Waals surface area contributed by atoms with Gasteiger partial charge in [-0.3, -0.25) is 0 Å². The molecule has 0 spiro atoms. The van der Waals surface area contributed by atoms with Gasteiger partial charge in [-0.25, -0.2) is 4.79 Å². The molecule has 2 rings (SSSR count). The normalized spacial score (nSPS) is 10.2. The molecule has 0 aliphatic heterocycles. The van der Waals surface area contributed by atoms with Gasteiger partial charge in [0.2, 0.25) is 0 Å². The Kier molecular flexibility index (Phi) is 5.81. The van der Waals surface area contributed by atoms with Crippen molar-refractivity contribution in [2.24, 2.45) is 0 Å². The molecule has 0 amide bonds. The number of carbonyl (C=O) groups is 1. The lowest BCUT2D eigenvalue weighted by Crippen LogP contribution is -2.10. The first-order valence-electron chi connectivity index (χ1n) is 6.84. The van der Waals surface area contributed by atoms with Gasteiger partial charge in [0.05, 0.1) is 13.2 Å². The topological polar surface area (TPSA) is 35.5 Å². The minimum atomic E-state index is -0.365. The van der Waals surface area contributed by atoms with Gasteiger partial charge in [-0.05, 0) is 30.7 Å². The number of ether oxygens (including phenoxy) is 2. The highest BCUT2D eigenvalue weighted by Gasteiger charge is 2.14. The van der Waals surface area contributed by atoms with Crippen molar-refractivity contribution in [1.82, 2.24) is 0 Å². The number of rotatable bonds is 6. The van der Waals surface area contributed by atoms with E-state index in [0.29, 0.717) is 30.9 Å². The van der Waals surface area contributed by atoms with Crippen LogP contribution in [0, 0.1) is 0 Å². The zero-order chi connectivity index (χ0) is 15.1. The van der Waals surface area contributed by atoms with E-state index in [0.717, 1.165) is 10.0 Å². The fourth-order valence-electron chi connectivity index (χ4n) is 1.93. The molecule has 0 unspecified atom stereocenters. The number of halogens is 1. The average molecular weight is 349 g/mol. The lowest BCUT2D eigenvalue weighted by atomic mass is 10.2. The van der Waals surface area contributed by atoms with Gasteiger partial charge in [0.1, 0.15) is 11.3 Å². The van der Waals surface area contributed by atoms with E-state index < -0.39 is 0 Å². The first kappa shape index (κ1) is 15.6. The summed E-state index contributed by atoms with van der Waals surface area (Å²) in [5.41, 5.74) is 1.59. The van der Waals surface area contributed by atoms with Crippen molar-refractivity contribution in [2.45, 2.75) is 13.3 Å². The number of hydrogen-bond acceptors (Lipinski definition) is 3. The SMILES string of the molecule is CCOc1ccc(Br)cc1C(=O)OCCc1ccccc1. The highest BCUT2D eigenvalue weighted by Crippen LogP contribution is 2.24. The molecule has 2 aromatic carbocycles. The Hall–Kier alpha value is -1.81. The third-order valence-electron chi connectivity index (χ3n) is 2.93. The van der Waals surface area contributed by atoms with Crippen LogP contribution in [0.5, 0.6) is 5.75 Å². The molecule has 3 nitrogen and oxygen atoms in total. The van der Waals surface area contributed by atoms with E-state index >= 15 is 0 Å². The van der Waals surface area contributed by atoms with Crippen LogP contribution in [0.1, 0.15) is 22.8 Å². The van der Waals surface area contributed by atoms with Gasteiger partial charge in [-0.2, -0.15) is 0 Å². The first-order chi connectivity index (χ1) is 10.2. The maximum atomic E-state index is 12.2. The van der Waals surface area contributed by atoms with E-state index in [9.17, 15) is 4.79 Å². The number of carbonyl (C=O) groups excluding carboxylic acids is 1. The lowest BCUT2D eigenvalue weighted by Gasteiger charge is -2.10. The van der Waals surface area contributed by atoms with Gasteiger partial charge in [-0.1, -0.05) is 46.3 Å². The Labute approximate surface area is 133 Å². The molecule has 0 bridgehead atoms. The summed E-state index contributed by atoms with van der Waals surface area (Å²) in [7, 11) is 0. The van der Waals surface area contributed by atoms with Crippen LogP contribution in [0.4, 0.5) is 0 Å². The molecule has 0 saturated carbocycles. The van der Waals surface area contributed by atoms with Crippen molar-refractivity contribution in [3.05, 3.63) is 64.1 Å². The Bertz CT molecular complexity index is 596. The van der Waals surface area contributed by atoms with Crippen LogP contribution in [-0.4, -0.2) is 19.2 Å². The van der Waals surface area contributed by atoms with Crippen molar-refractivity contribution in [3.8, 4) is 5.75 Å². The maximum Gasteiger partial charge on any atom is 0.341 e.